The Hall–Kier alpha value is -4.41. The number of fused-ring (bicyclic) bond motifs is 1. The Bertz CT molecular complexity index is 1250. The molecule has 1 atom stereocenters. The van der Waals surface area contributed by atoms with Crippen LogP contribution in [0.1, 0.15) is 49.4 Å². The molecule has 1 heterocycles. The molecule has 3 amide bonds. The van der Waals surface area contributed by atoms with Crippen molar-refractivity contribution in [1.82, 2.24) is 25.5 Å². The standard InChI is InChI=1S/C26H31N5O6/c1-16(32)31(15-22-28-19-7-5-6-8-20(19)29-22)14-17-9-11-18(12-10-17)23(33)27-13-21(24(34)35)30-25(36)37-26(2,3)4/h5-12,21H,13-15H2,1-4H3,(H,27,33)(H,28,29)(H,30,36)(H,34,35)/t21-/m0/s1. The fourth-order valence-electron chi connectivity index (χ4n) is 3.47. The summed E-state index contributed by atoms with van der Waals surface area (Å²) in [7, 11) is 0. The Kier molecular flexibility index (Phi) is 8.49. The molecule has 0 bridgehead atoms. The smallest absolute Gasteiger partial charge is 0.408 e. The number of rotatable bonds is 9. The molecule has 4 N–H and O–H groups in total. The summed E-state index contributed by atoms with van der Waals surface area (Å²) in [6.45, 7) is 6.73. The minimum Gasteiger partial charge on any atom is -0.480 e. The number of carboxylic acid groups (broad SMARTS) is 1. The van der Waals surface area contributed by atoms with E-state index in [9.17, 15) is 24.3 Å². The molecule has 11 heteroatoms. The molecular formula is C26H31N5O6. The van der Waals surface area contributed by atoms with E-state index >= 15 is 0 Å². The second-order valence-corrected chi connectivity index (χ2v) is 9.52. The first kappa shape index (κ1) is 27.2. The first-order valence-corrected chi connectivity index (χ1v) is 11.7. The fourth-order valence-corrected chi connectivity index (χ4v) is 3.47. The number of alkyl carbamates (subject to hydrolysis) is 1. The van der Waals surface area contributed by atoms with Gasteiger partial charge < -0.3 is 30.4 Å². The van der Waals surface area contributed by atoms with Gasteiger partial charge in [-0.15, -0.1) is 0 Å². The van der Waals surface area contributed by atoms with Gasteiger partial charge in [0.15, 0.2) is 0 Å². The molecule has 2 aromatic carbocycles. The van der Waals surface area contributed by atoms with E-state index in [-0.39, 0.29) is 12.5 Å². The van der Waals surface area contributed by atoms with Crippen LogP contribution >= 0.6 is 0 Å². The molecule has 0 aliphatic carbocycles. The van der Waals surface area contributed by atoms with Crippen molar-refractivity contribution in [1.29, 1.82) is 0 Å². The SMILES string of the molecule is CC(=O)N(Cc1ccc(C(=O)NC[C@H](NC(=O)OC(C)(C)C)C(=O)O)cc1)Cc1nc2ccccc2[nH]1. The Morgan fingerprint density at radius 2 is 1.73 bits per heavy atom. The van der Waals surface area contributed by atoms with Crippen molar-refractivity contribution in [2.24, 2.45) is 0 Å². The lowest BCUT2D eigenvalue weighted by Crippen LogP contribution is -2.49. The summed E-state index contributed by atoms with van der Waals surface area (Å²) in [4.78, 5) is 57.5. The Morgan fingerprint density at radius 1 is 1.05 bits per heavy atom. The predicted molar refractivity (Wildman–Crippen MR) is 136 cm³/mol. The summed E-state index contributed by atoms with van der Waals surface area (Å²) in [6.07, 6.45) is -0.892. The van der Waals surface area contributed by atoms with Gasteiger partial charge in [-0.05, 0) is 50.6 Å². The fraction of sp³-hybridized carbons (Fsp3) is 0.346. The van der Waals surface area contributed by atoms with Gasteiger partial charge in [-0.2, -0.15) is 0 Å². The molecule has 0 saturated carbocycles. The van der Waals surface area contributed by atoms with Gasteiger partial charge in [0.05, 0.1) is 17.6 Å². The number of amides is 3. The summed E-state index contributed by atoms with van der Waals surface area (Å²) >= 11 is 0. The van der Waals surface area contributed by atoms with E-state index in [0.29, 0.717) is 24.5 Å². The number of aliphatic carboxylic acids is 1. The zero-order valence-corrected chi connectivity index (χ0v) is 21.2. The van der Waals surface area contributed by atoms with E-state index in [1.807, 2.05) is 24.3 Å². The minimum atomic E-state index is -1.36. The summed E-state index contributed by atoms with van der Waals surface area (Å²) < 4.78 is 5.06. The van der Waals surface area contributed by atoms with Crippen LogP contribution in [0.5, 0.6) is 0 Å². The first-order chi connectivity index (χ1) is 17.4. The van der Waals surface area contributed by atoms with Crippen LogP contribution in [-0.4, -0.2) is 62.0 Å². The third-order valence-electron chi connectivity index (χ3n) is 5.27. The zero-order chi connectivity index (χ0) is 27.2. The van der Waals surface area contributed by atoms with Gasteiger partial charge in [0, 0.05) is 25.6 Å². The van der Waals surface area contributed by atoms with E-state index in [2.05, 4.69) is 20.6 Å². The van der Waals surface area contributed by atoms with Crippen LogP contribution < -0.4 is 10.6 Å². The molecule has 0 aliphatic rings. The molecule has 11 nitrogen and oxygen atoms in total. The maximum absolute atomic E-state index is 12.5. The van der Waals surface area contributed by atoms with E-state index in [1.165, 1.54) is 6.92 Å². The lowest BCUT2D eigenvalue weighted by Gasteiger charge is -2.22. The summed E-state index contributed by atoms with van der Waals surface area (Å²) in [5.74, 6) is -1.27. The predicted octanol–water partition coefficient (Wildman–Crippen LogP) is 2.82. The van der Waals surface area contributed by atoms with Crippen LogP contribution in [0.3, 0.4) is 0 Å². The molecule has 0 radical (unpaired) electrons. The van der Waals surface area contributed by atoms with Gasteiger partial charge in [0.25, 0.3) is 5.91 Å². The quantitative estimate of drug-likeness (QED) is 0.346. The van der Waals surface area contributed by atoms with Gasteiger partial charge in [0.1, 0.15) is 17.5 Å². The Balaban J connectivity index is 1.58. The van der Waals surface area contributed by atoms with E-state index in [4.69, 9.17) is 4.74 Å². The van der Waals surface area contributed by atoms with Crippen LogP contribution in [0.15, 0.2) is 48.5 Å². The van der Waals surface area contributed by atoms with Gasteiger partial charge in [0.2, 0.25) is 5.91 Å². The molecule has 1 aromatic heterocycles. The molecular weight excluding hydrogens is 478 g/mol. The average molecular weight is 510 g/mol. The number of carboxylic acids is 1. The zero-order valence-electron chi connectivity index (χ0n) is 21.2. The normalized spacial score (nSPS) is 12.0. The number of ether oxygens (including phenoxy) is 1. The van der Waals surface area contributed by atoms with Crippen LogP contribution in [-0.2, 0) is 27.4 Å². The van der Waals surface area contributed by atoms with Gasteiger partial charge in [-0.1, -0.05) is 24.3 Å². The molecule has 196 valence electrons. The Morgan fingerprint density at radius 3 is 2.32 bits per heavy atom. The van der Waals surface area contributed by atoms with E-state index < -0.39 is 29.6 Å². The topological polar surface area (TPSA) is 154 Å². The minimum absolute atomic E-state index is 0.125. The summed E-state index contributed by atoms with van der Waals surface area (Å²) in [5.41, 5.74) is 2.03. The maximum atomic E-state index is 12.5. The van der Waals surface area contributed by atoms with E-state index in [1.54, 1.807) is 49.9 Å². The maximum Gasteiger partial charge on any atom is 0.408 e. The van der Waals surface area contributed by atoms with Crippen LogP contribution in [0.25, 0.3) is 11.0 Å². The highest BCUT2D eigenvalue weighted by Crippen LogP contribution is 2.14. The second-order valence-electron chi connectivity index (χ2n) is 9.52. The molecule has 0 spiro atoms. The van der Waals surface area contributed by atoms with Crippen LogP contribution in [0.4, 0.5) is 4.79 Å². The van der Waals surface area contributed by atoms with Crippen molar-refractivity contribution in [2.45, 2.75) is 52.4 Å². The average Bonchev–Trinajstić information content (AvgIpc) is 3.22. The highest BCUT2D eigenvalue weighted by molar-refractivity contribution is 5.94. The number of carbonyl (C=O) groups excluding carboxylic acids is 3. The molecule has 0 aliphatic heterocycles. The van der Waals surface area contributed by atoms with Crippen molar-refractivity contribution < 1.29 is 29.0 Å². The third kappa shape index (κ3) is 8.06. The number of benzene rings is 2. The molecule has 0 unspecified atom stereocenters. The highest BCUT2D eigenvalue weighted by atomic mass is 16.6. The van der Waals surface area contributed by atoms with Crippen molar-refractivity contribution in [3.05, 3.63) is 65.5 Å². The van der Waals surface area contributed by atoms with E-state index in [0.717, 1.165) is 16.6 Å². The number of imidazole rings is 1. The summed E-state index contributed by atoms with van der Waals surface area (Å²) in [6, 6.07) is 12.9. The number of para-hydroxylation sites is 2. The number of aromatic amines is 1. The number of nitrogens with zero attached hydrogens (tertiary/aromatic N) is 2. The lowest BCUT2D eigenvalue weighted by molar-refractivity contribution is -0.139. The van der Waals surface area contributed by atoms with Crippen molar-refractivity contribution >= 4 is 34.9 Å². The van der Waals surface area contributed by atoms with Crippen molar-refractivity contribution in [3.8, 4) is 0 Å². The van der Waals surface area contributed by atoms with Gasteiger partial charge in [-0.25, -0.2) is 14.6 Å². The molecule has 0 fully saturated rings. The van der Waals surface area contributed by atoms with Crippen molar-refractivity contribution in [3.63, 3.8) is 0 Å². The molecule has 0 saturated heterocycles. The third-order valence-corrected chi connectivity index (χ3v) is 5.27. The first-order valence-electron chi connectivity index (χ1n) is 11.7. The molecule has 3 rings (SSSR count). The number of H-pyrrole nitrogens is 1. The monoisotopic (exact) mass is 509 g/mol. The number of hydrogen-bond donors (Lipinski definition) is 4. The number of carbonyl (C=O) groups is 4. The van der Waals surface area contributed by atoms with Gasteiger partial charge >= 0.3 is 12.1 Å². The highest BCUT2D eigenvalue weighted by Gasteiger charge is 2.24. The van der Waals surface area contributed by atoms with Gasteiger partial charge in [-0.3, -0.25) is 9.59 Å². The number of aromatic nitrogens is 2. The Labute approximate surface area is 214 Å². The second kappa shape index (κ2) is 11.5. The van der Waals surface area contributed by atoms with Crippen LogP contribution in [0.2, 0.25) is 0 Å². The lowest BCUT2D eigenvalue weighted by atomic mass is 10.1. The largest absolute Gasteiger partial charge is 0.480 e. The summed E-state index contributed by atoms with van der Waals surface area (Å²) in [5, 5.41) is 14.1. The van der Waals surface area contributed by atoms with Crippen molar-refractivity contribution in [2.75, 3.05) is 6.54 Å². The van der Waals surface area contributed by atoms with Crippen LogP contribution in [0, 0.1) is 0 Å². The number of nitrogens with one attached hydrogen (secondary N) is 3. The molecule has 37 heavy (non-hydrogen) atoms. The molecule has 3 aromatic rings. The number of hydrogen-bond acceptors (Lipinski definition) is 6.